The molecule has 94 valence electrons. The Morgan fingerprint density at radius 3 is 2.11 bits per heavy atom. The third kappa shape index (κ3) is 1.50. The lowest BCUT2D eigenvalue weighted by Gasteiger charge is -2.56. The van der Waals surface area contributed by atoms with E-state index >= 15 is 0 Å². The molecule has 4 aliphatic rings. The topological polar surface area (TPSA) is 32.3 Å². The van der Waals surface area contributed by atoms with Gasteiger partial charge in [0.05, 0.1) is 0 Å². The van der Waals surface area contributed by atoms with E-state index in [4.69, 9.17) is 0 Å². The van der Waals surface area contributed by atoms with Crippen molar-refractivity contribution in [3.05, 3.63) is 35.9 Å². The summed E-state index contributed by atoms with van der Waals surface area (Å²) in [5.41, 5.74) is 0.845. The second-order valence-electron chi connectivity index (χ2n) is 5.89. The van der Waals surface area contributed by atoms with Gasteiger partial charge in [-0.15, -0.1) is 0 Å². The molecule has 1 aromatic carbocycles. The van der Waals surface area contributed by atoms with Crippen LogP contribution in [0, 0.1) is 0 Å². The average molecular weight is 242 g/mol. The van der Waals surface area contributed by atoms with Crippen LogP contribution < -0.4 is 5.32 Å². The lowest BCUT2D eigenvalue weighted by atomic mass is 9.74. The number of carbonyl (C=O) groups excluding carboxylic acids is 1. The number of nitrogens with zero attached hydrogens (tertiary/aromatic N) is 1. The van der Waals surface area contributed by atoms with Gasteiger partial charge in [0, 0.05) is 29.7 Å². The zero-order chi connectivity index (χ0) is 12.1. The molecule has 1 amide bonds. The largest absolute Gasteiger partial charge is 0.332 e. The molecule has 4 aliphatic heterocycles. The molecule has 4 heterocycles. The number of amides is 1. The van der Waals surface area contributed by atoms with Crippen LogP contribution >= 0.6 is 0 Å². The van der Waals surface area contributed by atoms with Gasteiger partial charge >= 0.3 is 0 Å². The predicted octanol–water partition coefficient (Wildman–Crippen LogP) is 1.79. The zero-order valence-electron chi connectivity index (χ0n) is 10.4. The Balaban J connectivity index is 1.64. The number of carbonyl (C=O) groups is 1. The van der Waals surface area contributed by atoms with Crippen LogP contribution in [0.4, 0.5) is 0 Å². The molecule has 0 spiro atoms. The van der Waals surface area contributed by atoms with E-state index in [0.29, 0.717) is 24.2 Å². The van der Waals surface area contributed by atoms with Crippen molar-refractivity contribution in [3.63, 3.8) is 0 Å². The summed E-state index contributed by atoms with van der Waals surface area (Å²) in [5, 5.41) is 3.67. The van der Waals surface area contributed by atoms with Crippen LogP contribution in [0.25, 0.3) is 0 Å². The molecule has 0 radical (unpaired) electrons. The first-order valence-corrected chi connectivity index (χ1v) is 6.95. The zero-order valence-corrected chi connectivity index (χ0v) is 10.4. The maximum absolute atomic E-state index is 12.6. The SMILES string of the molecule is O=C(c1ccccc1)N1C2CC3CC1CC(C2)N3. The highest BCUT2D eigenvalue weighted by Crippen LogP contribution is 2.39. The molecular weight excluding hydrogens is 224 g/mol. The van der Waals surface area contributed by atoms with Crippen molar-refractivity contribution in [1.82, 2.24) is 10.2 Å². The predicted molar refractivity (Wildman–Crippen MR) is 69.4 cm³/mol. The normalized spacial score (nSPS) is 37.0. The molecule has 1 aromatic rings. The summed E-state index contributed by atoms with van der Waals surface area (Å²) in [6.45, 7) is 0. The molecule has 0 atom stereocenters. The summed E-state index contributed by atoms with van der Waals surface area (Å²) in [6.07, 6.45) is 4.58. The van der Waals surface area contributed by atoms with E-state index in [1.807, 2.05) is 30.3 Å². The van der Waals surface area contributed by atoms with Gasteiger partial charge in [0.2, 0.25) is 0 Å². The molecule has 0 unspecified atom stereocenters. The van der Waals surface area contributed by atoms with Gasteiger partial charge in [-0.25, -0.2) is 0 Å². The quantitative estimate of drug-likeness (QED) is 0.814. The molecule has 0 aromatic heterocycles. The van der Waals surface area contributed by atoms with E-state index in [-0.39, 0.29) is 5.91 Å². The molecule has 4 fully saturated rings. The van der Waals surface area contributed by atoms with E-state index < -0.39 is 0 Å². The Hall–Kier alpha value is -1.35. The monoisotopic (exact) mass is 242 g/mol. The number of rotatable bonds is 1. The highest BCUT2D eigenvalue weighted by molar-refractivity contribution is 5.94. The number of hydrogen-bond donors (Lipinski definition) is 1. The fourth-order valence-corrected chi connectivity index (χ4v) is 4.12. The third-order valence-corrected chi connectivity index (χ3v) is 4.74. The maximum atomic E-state index is 12.6. The number of hydrogen-bond acceptors (Lipinski definition) is 2. The Morgan fingerprint density at radius 2 is 1.56 bits per heavy atom. The van der Waals surface area contributed by atoms with Crippen molar-refractivity contribution in [2.45, 2.75) is 49.9 Å². The minimum absolute atomic E-state index is 0.240. The van der Waals surface area contributed by atoms with Crippen molar-refractivity contribution in [3.8, 4) is 0 Å². The van der Waals surface area contributed by atoms with Gasteiger partial charge in [-0.1, -0.05) is 18.2 Å². The van der Waals surface area contributed by atoms with E-state index in [9.17, 15) is 4.79 Å². The summed E-state index contributed by atoms with van der Waals surface area (Å²) in [5.74, 6) is 0.240. The van der Waals surface area contributed by atoms with Crippen molar-refractivity contribution in [1.29, 1.82) is 0 Å². The molecule has 1 N–H and O–H groups in total. The van der Waals surface area contributed by atoms with Crippen molar-refractivity contribution < 1.29 is 4.79 Å². The fraction of sp³-hybridized carbons (Fsp3) is 0.533. The van der Waals surface area contributed by atoms with Crippen molar-refractivity contribution in [2.24, 2.45) is 0 Å². The van der Waals surface area contributed by atoms with Gasteiger partial charge in [-0.3, -0.25) is 4.79 Å². The Kier molecular flexibility index (Phi) is 2.24. The molecule has 0 aliphatic carbocycles. The van der Waals surface area contributed by atoms with E-state index in [1.165, 1.54) is 0 Å². The third-order valence-electron chi connectivity index (χ3n) is 4.74. The standard InChI is InChI=1S/C15H18N2O/c18-15(10-4-2-1-3-5-10)17-13-6-11-7-14(17)9-12(8-13)16-11/h1-5,11-14,16H,6-9H2. The van der Waals surface area contributed by atoms with Crippen LogP contribution in [-0.2, 0) is 0 Å². The highest BCUT2D eigenvalue weighted by Gasteiger charge is 2.48. The molecule has 5 rings (SSSR count). The molecule has 4 saturated heterocycles. The minimum Gasteiger partial charge on any atom is -0.332 e. The number of piperidine rings is 4. The molecule has 4 bridgehead atoms. The number of nitrogens with one attached hydrogen (secondary N) is 1. The van der Waals surface area contributed by atoms with E-state index in [2.05, 4.69) is 10.2 Å². The van der Waals surface area contributed by atoms with Gasteiger partial charge in [0.15, 0.2) is 0 Å². The van der Waals surface area contributed by atoms with Crippen LogP contribution in [0.1, 0.15) is 36.0 Å². The van der Waals surface area contributed by atoms with E-state index in [0.717, 1.165) is 31.2 Å². The Morgan fingerprint density at radius 1 is 1.00 bits per heavy atom. The van der Waals surface area contributed by atoms with Gasteiger partial charge in [0.25, 0.3) is 5.91 Å². The maximum Gasteiger partial charge on any atom is 0.254 e. The number of benzene rings is 1. The first-order chi connectivity index (χ1) is 8.81. The fourth-order valence-electron chi connectivity index (χ4n) is 4.12. The molecule has 18 heavy (non-hydrogen) atoms. The second kappa shape index (κ2) is 3.82. The summed E-state index contributed by atoms with van der Waals surface area (Å²) in [6, 6.07) is 12.0. The van der Waals surface area contributed by atoms with Gasteiger partial charge in [0.1, 0.15) is 0 Å². The van der Waals surface area contributed by atoms with Crippen LogP contribution in [0.5, 0.6) is 0 Å². The molecule has 3 heteroatoms. The lowest BCUT2D eigenvalue weighted by Crippen LogP contribution is -2.68. The van der Waals surface area contributed by atoms with Crippen molar-refractivity contribution in [2.75, 3.05) is 0 Å². The summed E-state index contributed by atoms with van der Waals surface area (Å²) in [7, 11) is 0. The van der Waals surface area contributed by atoms with Gasteiger partial charge in [-0.2, -0.15) is 0 Å². The van der Waals surface area contributed by atoms with Crippen LogP contribution in [0.2, 0.25) is 0 Å². The van der Waals surface area contributed by atoms with Crippen molar-refractivity contribution >= 4 is 5.91 Å². The molecule has 3 nitrogen and oxygen atoms in total. The Labute approximate surface area is 107 Å². The first kappa shape index (κ1) is 10.6. The molecular formula is C15H18N2O. The minimum atomic E-state index is 0.240. The average Bonchev–Trinajstić information content (AvgIpc) is 2.38. The van der Waals surface area contributed by atoms with E-state index in [1.54, 1.807) is 0 Å². The summed E-state index contributed by atoms with van der Waals surface area (Å²) in [4.78, 5) is 14.8. The van der Waals surface area contributed by atoms with Crippen LogP contribution in [0.3, 0.4) is 0 Å². The van der Waals surface area contributed by atoms with Crippen LogP contribution in [-0.4, -0.2) is 35.0 Å². The summed E-state index contributed by atoms with van der Waals surface area (Å²) >= 11 is 0. The lowest BCUT2D eigenvalue weighted by molar-refractivity contribution is -0.0172. The van der Waals surface area contributed by atoms with Gasteiger partial charge < -0.3 is 10.2 Å². The second-order valence-corrected chi connectivity index (χ2v) is 5.89. The smallest absolute Gasteiger partial charge is 0.254 e. The molecule has 0 saturated carbocycles. The van der Waals surface area contributed by atoms with Crippen LogP contribution in [0.15, 0.2) is 30.3 Å². The first-order valence-electron chi connectivity index (χ1n) is 6.95. The highest BCUT2D eigenvalue weighted by atomic mass is 16.2. The summed E-state index contributed by atoms with van der Waals surface area (Å²) < 4.78 is 0. The Bertz CT molecular complexity index is 443. The van der Waals surface area contributed by atoms with Gasteiger partial charge in [-0.05, 0) is 37.8 Å².